The van der Waals surface area contributed by atoms with Crippen LogP contribution in [0.3, 0.4) is 0 Å². The van der Waals surface area contributed by atoms with Crippen molar-refractivity contribution in [3.8, 4) is 0 Å². The SMILES string of the molecule is FC1(CNc2nc3ccccc3o2)CNCCOC1. The predicted molar refractivity (Wildman–Crippen MR) is 70.0 cm³/mol. The molecule has 1 saturated heterocycles. The highest BCUT2D eigenvalue weighted by Crippen LogP contribution is 2.20. The number of hydrogen-bond acceptors (Lipinski definition) is 5. The Hall–Kier alpha value is -1.66. The smallest absolute Gasteiger partial charge is 0.295 e. The lowest BCUT2D eigenvalue weighted by atomic mass is 10.1. The maximum atomic E-state index is 14.5. The number of rotatable bonds is 3. The molecule has 1 aromatic heterocycles. The van der Waals surface area contributed by atoms with E-state index in [9.17, 15) is 4.39 Å². The van der Waals surface area contributed by atoms with E-state index < -0.39 is 5.67 Å². The Labute approximate surface area is 110 Å². The van der Waals surface area contributed by atoms with Gasteiger partial charge in [0.1, 0.15) is 5.52 Å². The van der Waals surface area contributed by atoms with Gasteiger partial charge in [-0.2, -0.15) is 4.98 Å². The molecule has 0 amide bonds. The third-order valence-corrected chi connectivity index (χ3v) is 3.08. The summed E-state index contributed by atoms with van der Waals surface area (Å²) in [6.45, 7) is 1.66. The number of benzene rings is 1. The zero-order chi connectivity index (χ0) is 13.1. The normalized spacial score (nSPS) is 24.3. The highest BCUT2D eigenvalue weighted by Gasteiger charge is 2.31. The maximum absolute atomic E-state index is 14.5. The van der Waals surface area contributed by atoms with Crippen LogP contribution in [0.5, 0.6) is 0 Å². The topological polar surface area (TPSA) is 59.3 Å². The minimum absolute atomic E-state index is 0.0766. The largest absolute Gasteiger partial charge is 0.424 e. The molecule has 1 fully saturated rings. The molecular weight excluding hydrogens is 249 g/mol. The second-order valence-electron chi connectivity index (χ2n) is 4.72. The zero-order valence-corrected chi connectivity index (χ0v) is 10.5. The van der Waals surface area contributed by atoms with Gasteiger partial charge in [0.25, 0.3) is 6.01 Å². The average Bonchev–Trinajstić information content (AvgIpc) is 2.72. The highest BCUT2D eigenvalue weighted by atomic mass is 19.1. The van der Waals surface area contributed by atoms with Crippen molar-refractivity contribution in [3.63, 3.8) is 0 Å². The fourth-order valence-corrected chi connectivity index (χ4v) is 2.06. The van der Waals surface area contributed by atoms with Crippen LogP contribution in [0.1, 0.15) is 0 Å². The molecule has 0 spiro atoms. The standard InChI is InChI=1S/C13H16FN3O2/c14-13(7-15-5-6-18-9-13)8-16-12-17-10-3-1-2-4-11(10)19-12/h1-4,15H,5-9H2,(H,16,17). The van der Waals surface area contributed by atoms with Gasteiger partial charge in [-0.15, -0.1) is 0 Å². The van der Waals surface area contributed by atoms with E-state index >= 15 is 0 Å². The molecule has 5 nitrogen and oxygen atoms in total. The summed E-state index contributed by atoms with van der Waals surface area (Å²) >= 11 is 0. The number of nitrogens with one attached hydrogen (secondary N) is 2. The minimum atomic E-state index is -1.45. The molecule has 2 heterocycles. The summed E-state index contributed by atoms with van der Waals surface area (Å²) in [6, 6.07) is 7.77. The van der Waals surface area contributed by atoms with Crippen LogP contribution in [0, 0.1) is 0 Å². The van der Waals surface area contributed by atoms with Crippen molar-refractivity contribution in [2.24, 2.45) is 0 Å². The number of hydrogen-bond donors (Lipinski definition) is 2. The molecule has 0 bridgehead atoms. The van der Waals surface area contributed by atoms with Gasteiger partial charge >= 0.3 is 0 Å². The van der Waals surface area contributed by atoms with Gasteiger partial charge in [-0.05, 0) is 12.1 Å². The van der Waals surface area contributed by atoms with Crippen molar-refractivity contribution in [2.45, 2.75) is 5.67 Å². The summed E-state index contributed by atoms with van der Waals surface area (Å²) < 4.78 is 25.2. The van der Waals surface area contributed by atoms with E-state index in [-0.39, 0.29) is 19.7 Å². The van der Waals surface area contributed by atoms with Crippen LogP contribution >= 0.6 is 0 Å². The molecule has 102 valence electrons. The maximum Gasteiger partial charge on any atom is 0.295 e. The van der Waals surface area contributed by atoms with Gasteiger partial charge in [0.2, 0.25) is 0 Å². The van der Waals surface area contributed by atoms with E-state index in [1.807, 2.05) is 24.3 Å². The van der Waals surface area contributed by atoms with Crippen molar-refractivity contribution < 1.29 is 13.5 Å². The van der Waals surface area contributed by atoms with Gasteiger partial charge < -0.3 is 19.8 Å². The summed E-state index contributed by atoms with van der Waals surface area (Å²) in [5, 5.41) is 5.91. The molecule has 0 radical (unpaired) electrons. The van der Waals surface area contributed by atoms with Crippen LogP contribution in [0.2, 0.25) is 0 Å². The lowest BCUT2D eigenvalue weighted by molar-refractivity contribution is 0.0462. The monoisotopic (exact) mass is 265 g/mol. The Morgan fingerprint density at radius 2 is 2.32 bits per heavy atom. The Morgan fingerprint density at radius 1 is 1.42 bits per heavy atom. The van der Waals surface area contributed by atoms with Crippen LogP contribution in [0.4, 0.5) is 10.4 Å². The summed E-state index contributed by atoms with van der Waals surface area (Å²) in [6.07, 6.45) is 0. The summed E-state index contributed by atoms with van der Waals surface area (Å²) in [5.74, 6) is 0. The minimum Gasteiger partial charge on any atom is -0.424 e. The van der Waals surface area contributed by atoms with E-state index in [4.69, 9.17) is 9.15 Å². The predicted octanol–water partition coefficient (Wildman–Crippen LogP) is 1.57. The Balaban J connectivity index is 1.67. The lowest BCUT2D eigenvalue weighted by Gasteiger charge is -2.22. The Bertz CT molecular complexity index is 517. The molecule has 1 aliphatic rings. The third kappa shape index (κ3) is 2.85. The zero-order valence-electron chi connectivity index (χ0n) is 10.5. The summed E-state index contributed by atoms with van der Waals surface area (Å²) in [4.78, 5) is 4.25. The molecule has 0 saturated carbocycles. The first-order valence-corrected chi connectivity index (χ1v) is 6.32. The number of oxazole rings is 1. The van der Waals surface area contributed by atoms with Crippen LogP contribution in [0.15, 0.2) is 28.7 Å². The van der Waals surface area contributed by atoms with Gasteiger partial charge in [0.05, 0.1) is 19.8 Å². The van der Waals surface area contributed by atoms with Crippen molar-refractivity contribution in [1.29, 1.82) is 0 Å². The first-order valence-electron chi connectivity index (χ1n) is 6.32. The molecule has 6 heteroatoms. The molecule has 1 atom stereocenters. The van der Waals surface area contributed by atoms with Gasteiger partial charge in [-0.1, -0.05) is 12.1 Å². The molecule has 1 aromatic carbocycles. The fourth-order valence-electron chi connectivity index (χ4n) is 2.06. The lowest BCUT2D eigenvalue weighted by Crippen LogP contribution is -2.44. The first kappa shape index (κ1) is 12.4. The molecular formula is C13H16FN3O2. The molecule has 1 unspecified atom stereocenters. The molecule has 2 aromatic rings. The molecule has 3 rings (SSSR count). The molecule has 0 aliphatic carbocycles. The average molecular weight is 265 g/mol. The second-order valence-corrected chi connectivity index (χ2v) is 4.72. The number of alkyl halides is 1. The second kappa shape index (κ2) is 5.14. The highest BCUT2D eigenvalue weighted by molar-refractivity contribution is 5.74. The fraction of sp³-hybridized carbons (Fsp3) is 0.462. The van der Waals surface area contributed by atoms with Gasteiger partial charge in [-0.25, -0.2) is 4.39 Å². The molecule has 19 heavy (non-hydrogen) atoms. The summed E-state index contributed by atoms with van der Waals surface area (Å²) in [7, 11) is 0. The number of ether oxygens (including phenoxy) is 1. The van der Waals surface area contributed by atoms with E-state index in [2.05, 4.69) is 15.6 Å². The quantitative estimate of drug-likeness (QED) is 0.882. The van der Waals surface area contributed by atoms with Crippen LogP contribution in [0.25, 0.3) is 11.1 Å². The first-order chi connectivity index (χ1) is 9.25. The number of nitrogens with zero attached hydrogens (tertiary/aromatic N) is 1. The van der Waals surface area contributed by atoms with Gasteiger partial charge in [-0.3, -0.25) is 0 Å². The Kier molecular flexibility index (Phi) is 3.35. The number of para-hydroxylation sites is 2. The number of aromatic nitrogens is 1. The van der Waals surface area contributed by atoms with Crippen LogP contribution in [-0.2, 0) is 4.74 Å². The van der Waals surface area contributed by atoms with Crippen molar-refractivity contribution >= 4 is 17.1 Å². The summed E-state index contributed by atoms with van der Waals surface area (Å²) in [5.41, 5.74) is -0.00162. The van der Waals surface area contributed by atoms with E-state index in [1.54, 1.807) is 0 Å². The van der Waals surface area contributed by atoms with E-state index in [0.717, 1.165) is 5.52 Å². The molecule has 2 N–H and O–H groups in total. The van der Waals surface area contributed by atoms with Gasteiger partial charge in [0, 0.05) is 13.1 Å². The van der Waals surface area contributed by atoms with E-state index in [0.29, 0.717) is 24.7 Å². The van der Waals surface area contributed by atoms with Gasteiger partial charge in [0.15, 0.2) is 11.3 Å². The van der Waals surface area contributed by atoms with Crippen molar-refractivity contribution in [2.75, 3.05) is 38.2 Å². The van der Waals surface area contributed by atoms with E-state index in [1.165, 1.54) is 0 Å². The number of anilines is 1. The molecule has 1 aliphatic heterocycles. The third-order valence-electron chi connectivity index (χ3n) is 3.08. The number of fused-ring (bicyclic) bond motifs is 1. The Morgan fingerprint density at radius 3 is 3.21 bits per heavy atom. The van der Waals surface area contributed by atoms with Crippen molar-refractivity contribution in [1.82, 2.24) is 10.3 Å². The van der Waals surface area contributed by atoms with Crippen LogP contribution in [-0.4, -0.2) is 43.5 Å². The van der Waals surface area contributed by atoms with Crippen LogP contribution < -0.4 is 10.6 Å². The number of halogens is 1. The van der Waals surface area contributed by atoms with Crippen molar-refractivity contribution in [3.05, 3.63) is 24.3 Å².